The highest BCUT2D eigenvalue weighted by Gasteiger charge is 2.40. The van der Waals surface area contributed by atoms with Crippen molar-refractivity contribution in [2.24, 2.45) is 11.3 Å². The maximum Gasteiger partial charge on any atom is 0.0875 e. The molecule has 0 fully saturated rings. The van der Waals surface area contributed by atoms with Gasteiger partial charge in [-0.25, -0.2) is 0 Å². The fraction of sp³-hybridized carbons (Fsp3) is 0.818. The van der Waals surface area contributed by atoms with Crippen molar-refractivity contribution in [1.82, 2.24) is 0 Å². The van der Waals surface area contributed by atoms with Crippen LogP contribution in [0.25, 0.3) is 0 Å². The third-order valence-electron chi connectivity index (χ3n) is 3.18. The first-order chi connectivity index (χ1) is 5.78. The highest BCUT2D eigenvalue weighted by molar-refractivity contribution is 5.15. The molecule has 0 aromatic rings. The van der Waals surface area contributed by atoms with Crippen LogP contribution in [0.2, 0.25) is 0 Å². The predicted molar refractivity (Wildman–Crippen MR) is 53.3 cm³/mol. The molecule has 0 spiro atoms. The average Bonchev–Trinajstić information content (AvgIpc) is 1.98. The molecule has 0 saturated heterocycles. The van der Waals surface area contributed by atoms with Crippen molar-refractivity contribution < 1.29 is 10.2 Å². The standard InChI is InChI=1S/C11H20O2/c1-8(2)11(13)6-5-10(3,4)9(12)7-11/h5-6,8-9,12-13H,7H2,1-4H3. The average molecular weight is 184 g/mol. The van der Waals surface area contributed by atoms with Crippen molar-refractivity contribution in [3.05, 3.63) is 12.2 Å². The van der Waals surface area contributed by atoms with Crippen LogP contribution in [0.1, 0.15) is 34.1 Å². The van der Waals surface area contributed by atoms with Crippen LogP contribution in [0.4, 0.5) is 0 Å². The molecule has 76 valence electrons. The summed E-state index contributed by atoms with van der Waals surface area (Å²) in [7, 11) is 0. The second kappa shape index (κ2) is 3.10. The molecular formula is C11H20O2. The van der Waals surface area contributed by atoms with E-state index in [1.807, 2.05) is 39.8 Å². The van der Waals surface area contributed by atoms with Gasteiger partial charge in [0.1, 0.15) is 0 Å². The second-order valence-corrected chi connectivity index (χ2v) is 5.02. The Bertz CT molecular complexity index is 218. The van der Waals surface area contributed by atoms with E-state index in [1.54, 1.807) is 0 Å². The molecule has 0 amide bonds. The van der Waals surface area contributed by atoms with Gasteiger partial charge in [-0.3, -0.25) is 0 Å². The topological polar surface area (TPSA) is 40.5 Å². The van der Waals surface area contributed by atoms with Gasteiger partial charge in [0.15, 0.2) is 0 Å². The smallest absolute Gasteiger partial charge is 0.0875 e. The number of aliphatic hydroxyl groups excluding tert-OH is 1. The van der Waals surface area contributed by atoms with Crippen LogP contribution >= 0.6 is 0 Å². The van der Waals surface area contributed by atoms with E-state index in [2.05, 4.69) is 0 Å². The van der Waals surface area contributed by atoms with E-state index in [4.69, 9.17) is 0 Å². The highest BCUT2D eigenvalue weighted by Crippen LogP contribution is 2.38. The molecule has 0 bridgehead atoms. The van der Waals surface area contributed by atoms with Crippen LogP contribution in [0.3, 0.4) is 0 Å². The van der Waals surface area contributed by atoms with Gasteiger partial charge in [0.2, 0.25) is 0 Å². The Morgan fingerprint density at radius 3 is 2.23 bits per heavy atom. The van der Waals surface area contributed by atoms with Gasteiger partial charge in [-0.15, -0.1) is 0 Å². The molecular weight excluding hydrogens is 164 g/mol. The fourth-order valence-electron chi connectivity index (χ4n) is 1.54. The van der Waals surface area contributed by atoms with Gasteiger partial charge in [-0.1, -0.05) is 39.8 Å². The Labute approximate surface area is 80.3 Å². The molecule has 2 nitrogen and oxygen atoms in total. The Kier molecular flexibility index (Phi) is 2.56. The number of rotatable bonds is 1. The lowest BCUT2D eigenvalue weighted by molar-refractivity contribution is -0.0466. The third kappa shape index (κ3) is 1.94. The summed E-state index contributed by atoms with van der Waals surface area (Å²) < 4.78 is 0. The number of hydrogen-bond donors (Lipinski definition) is 2. The first-order valence-electron chi connectivity index (χ1n) is 4.89. The summed E-state index contributed by atoms with van der Waals surface area (Å²) in [5.41, 5.74) is -1.03. The van der Waals surface area contributed by atoms with E-state index in [0.29, 0.717) is 6.42 Å². The summed E-state index contributed by atoms with van der Waals surface area (Å²) in [6.45, 7) is 7.90. The molecule has 0 aromatic heterocycles. The minimum Gasteiger partial charge on any atom is -0.392 e. The van der Waals surface area contributed by atoms with Crippen LogP contribution in [0.15, 0.2) is 12.2 Å². The van der Waals surface area contributed by atoms with Crippen molar-refractivity contribution in [3.8, 4) is 0 Å². The van der Waals surface area contributed by atoms with Gasteiger partial charge in [0, 0.05) is 11.8 Å². The number of aliphatic hydroxyl groups is 2. The molecule has 13 heavy (non-hydrogen) atoms. The van der Waals surface area contributed by atoms with E-state index in [1.165, 1.54) is 0 Å². The highest BCUT2D eigenvalue weighted by atomic mass is 16.3. The molecule has 2 N–H and O–H groups in total. The predicted octanol–water partition coefficient (Wildman–Crippen LogP) is 1.72. The largest absolute Gasteiger partial charge is 0.392 e. The summed E-state index contributed by atoms with van der Waals surface area (Å²) in [6.07, 6.45) is 3.74. The van der Waals surface area contributed by atoms with E-state index in [9.17, 15) is 10.2 Å². The van der Waals surface area contributed by atoms with Crippen molar-refractivity contribution in [2.75, 3.05) is 0 Å². The summed E-state index contributed by atoms with van der Waals surface area (Å²) in [5.74, 6) is 0.148. The molecule has 0 heterocycles. The van der Waals surface area contributed by atoms with Gasteiger partial charge in [0.25, 0.3) is 0 Å². The Balaban J connectivity index is 2.90. The van der Waals surface area contributed by atoms with Crippen LogP contribution < -0.4 is 0 Å². The minimum absolute atomic E-state index is 0.148. The van der Waals surface area contributed by atoms with Crippen molar-refractivity contribution in [1.29, 1.82) is 0 Å². The Hall–Kier alpha value is -0.340. The Morgan fingerprint density at radius 2 is 1.85 bits per heavy atom. The molecule has 1 aliphatic rings. The van der Waals surface area contributed by atoms with Crippen LogP contribution in [0.5, 0.6) is 0 Å². The molecule has 0 aliphatic heterocycles. The van der Waals surface area contributed by atoms with E-state index in [-0.39, 0.29) is 11.3 Å². The Morgan fingerprint density at radius 1 is 1.31 bits per heavy atom. The second-order valence-electron chi connectivity index (χ2n) is 5.02. The monoisotopic (exact) mass is 184 g/mol. The molecule has 1 rings (SSSR count). The summed E-state index contributed by atoms with van der Waals surface area (Å²) in [6, 6.07) is 0. The van der Waals surface area contributed by atoms with E-state index < -0.39 is 11.7 Å². The summed E-state index contributed by atoms with van der Waals surface area (Å²) in [5, 5.41) is 19.9. The van der Waals surface area contributed by atoms with Crippen molar-refractivity contribution >= 4 is 0 Å². The van der Waals surface area contributed by atoms with Gasteiger partial charge in [-0.2, -0.15) is 0 Å². The summed E-state index contributed by atoms with van der Waals surface area (Å²) in [4.78, 5) is 0. The lowest BCUT2D eigenvalue weighted by Gasteiger charge is -2.41. The quantitative estimate of drug-likeness (QED) is 0.609. The van der Waals surface area contributed by atoms with E-state index >= 15 is 0 Å². The van der Waals surface area contributed by atoms with Crippen molar-refractivity contribution in [3.63, 3.8) is 0 Å². The summed E-state index contributed by atoms with van der Waals surface area (Å²) >= 11 is 0. The van der Waals surface area contributed by atoms with E-state index in [0.717, 1.165) is 0 Å². The molecule has 2 heteroatoms. The fourth-order valence-corrected chi connectivity index (χ4v) is 1.54. The lowest BCUT2D eigenvalue weighted by atomic mass is 9.71. The van der Waals surface area contributed by atoms with Gasteiger partial charge < -0.3 is 10.2 Å². The minimum atomic E-state index is -0.824. The lowest BCUT2D eigenvalue weighted by Crippen LogP contribution is -2.45. The molecule has 2 atom stereocenters. The zero-order valence-electron chi connectivity index (χ0n) is 8.91. The van der Waals surface area contributed by atoms with Gasteiger partial charge in [0.05, 0.1) is 11.7 Å². The van der Waals surface area contributed by atoms with Gasteiger partial charge in [-0.05, 0) is 5.92 Å². The molecule has 1 aliphatic carbocycles. The maximum absolute atomic E-state index is 10.1. The van der Waals surface area contributed by atoms with Crippen LogP contribution in [-0.2, 0) is 0 Å². The normalized spacial score (nSPS) is 38.2. The first-order valence-corrected chi connectivity index (χ1v) is 4.89. The SMILES string of the molecule is CC(C)C1(O)C=CC(C)(C)C(O)C1. The zero-order valence-corrected chi connectivity index (χ0v) is 8.91. The van der Waals surface area contributed by atoms with Gasteiger partial charge >= 0.3 is 0 Å². The van der Waals surface area contributed by atoms with Crippen LogP contribution in [0, 0.1) is 11.3 Å². The first kappa shape index (κ1) is 10.7. The third-order valence-corrected chi connectivity index (χ3v) is 3.18. The van der Waals surface area contributed by atoms with Crippen molar-refractivity contribution in [2.45, 2.75) is 45.8 Å². The molecule has 0 saturated carbocycles. The number of hydrogen-bond acceptors (Lipinski definition) is 2. The maximum atomic E-state index is 10.1. The molecule has 2 unspecified atom stereocenters. The zero-order chi connectivity index (χ0) is 10.3. The molecule has 0 aromatic carbocycles. The molecule has 0 radical (unpaired) electrons. The van der Waals surface area contributed by atoms with Crippen LogP contribution in [-0.4, -0.2) is 21.9 Å².